The van der Waals surface area contributed by atoms with Gasteiger partial charge in [0.25, 0.3) is 0 Å². The summed E-state index contributed by atoms with van der Waals surface area (Å²) in [6.45, 7) is 0. The standard InChI is InChI=1S/C13H13F2NO2/c1-18-9-3-4-10-8(2-5-12(14)15)6-13(17)16-11(10)7-9/h3-4,6-7,12H,2,5H2,1H3,(H,16,17). The first kappa shape index (κ1) is 12.5. The minimum atomic E-state index is -2.36. The van der Waals surface area contributed by atoms with Gasteiger partial charge >= 0.3 is 0 Å². The molecule has 0 saturated heterocycles. The number of H-pyrrole nitrogens is 1. The van der Waals surface area contributed by atoms with Gasteiger partial charge in [-0.3, -0.25) is 4.79 Å². The minimum Gasteiger partial charge on any atom is -0.497 e. The van der Waals surface area contributed by atoms with Crippen LogP contribution in [0.3, 0.4) is 0 Å². The molecule has 0 aliphatic heterocycles. The number of hydrogen-bond acceptors (Lipinski definition) is 2. The largest absolute Gasteiger partial charge is 0.497 e. The number of pyridine rings is 1. The maximum absolute atomic E-state index is 12.2. The lowest BCUT2D eigenvalue weighted by Crippen LogP contribution is -2.07. The summed E-state index contributed by atoms with van der Waals surface area (Å²) in [6.07, 6.45) is -2.42. The molecule has 0 radical (unpaired) electrons. The first-order valence-corrected chi connectivity index (χ1v) is 5.58. The minimum absolute atomic E-state index is 0.185. The molecule has 2 rings (SSSR count). The van der Waals surface area contributed by atoms with Gasteiger partial charge in [0.2, 0.25) is 12.0 Å². The van der Waals surface area contributed by atoms with Crippen molar-refractivity contribution in [3.05, 3.63) is 40.2 Å². The zero-order chi connectivity index (χ0) is 13.1. The van der Waals surface area contributed by atoms with E-state index in [1.54, 1.807) is 18.2 Å². The number of aromatic nitrogens is 1. The molecule has 18 heavy (non-hydrogen) atoms. The van der Waals surface area contributed by atoms with Crippen molar-refractivity contribution in [1.82, 2.24) is 4.98 Å². The molecule has 3 nitrogen and oxygen atoms in total. The normalized spacial score (nSPS) is 11.1. The Morgan fingerprint density at radius 1 is 1.33 bits per heavy atom. The average molecular weight is 253 g/mol. The van der Waals surface area contributed by atoms with Crippen LogP contribution >= 0.6 is 0 Å². The Kier molecular flexibility index (Phi) is 3.60. The Morgan fingerprint density at radius 2 is 2.11 bits per heavy atom. The quantitative estimate of drug-likeness (QED) is 0.910. The Labute approximate surface area is 102 Å². The van der Waals surface area contributed by atoms with Crippen molar-refractivity contribution in [1.29, 1.82) is 0 Å². The van der Waals surface area contributed by atoms with Crippen molar-refractivity contribution < 1.29 is 13.5 Å². The van der Waals surface area contributed by atoms with E-state index >= 15 is 0 Å². The van der Waals surface area contributed by atoms with E-state index in [0.29, 0.717) is 16.8 Å². The molecule has 0 saturated carbocycles. The van der Waals surface area contributed by atoms with Crippen LogP contribution in [0.2, 0.25) is 0 Å². The van der Waals surface area contributed by atoms with Gasteiger partial charge in [-0.05, 0) is 24.1 Å². The second-order valence-corrected chi connectivity index (χ2v) is 4.00. The number of methoxy groups -OCH3 is 1. The highest BCUT2D eigenvalue weighted by Crippen LogP contribution is 2.22. The SMILES string of the molecule is COc1ccc2c(CCC(F)F)cc(=O)[nH]c2c1. The molecule has 1 N–H and O–H groups in total. The van der Waals surface area contributed by atoms with E-state index in [-0.39, 0.29) is 18.4 Å². The number of nitrogens with one attached hydrogen (secondary N) is 1. The van der Waals surface area contributed by atoms with Gasteiger partial charge in [-0.2, -0.15) is 0 Å². The number of hydrogen-bond donors (Lipinski definition) is 1. The molecule has 1 heterocycles. The Balaban J connectivity index is 2.48. The zero-order valence-electron chi connectivity index (χ0n) is 9.87. The summed E-state index contributed by atoms with van der Waals surface area (Å²) in [5, 5.41) is 0.774. The monoisotopic (exact) mass is 253 g/mol. The van der Waals surface area contributed by atoms with Crippen LogP contribution in [-0.2, 0) is 6.42 Å². The third-order valence-corrected chi connectivity index (χ3v) is 2.77. The Bertz CT molecular complexity index is 607. The molecule has 0 atom stereocenters. The van der Waals surface area contributed by atoms with Crippen LogP contribution in [-0.4, -0.2) is 18.5 Å². The number of ether oxygens (including phenoxy) is 1. The molecule has 1 aromatic carbocycles. The molecule has 0 aliphatic carbocycles. The number of aromatic amines is 1. The average Bonchev–Trinajstić information content (AvgIpc) is 2.34. The van der Waals surface area contributed by atoms with E-state index in [1.165, 1.54) is 13.2 Å². The zero-order valence-corrected chi connectivity index (χ0v) is 9.87. The molecule has 5 heteroatoms. The summed E-state index contributed by atoms with van der Waals surface area (Å²) in [4.78, 5) is 14.1. The first-order chi connectivity index (χ1) is 8.60. The molecule has 0 aliphatic rings. The van der Waals surface area contributed by atoms with Crippen molar-refractivity contribution in [3.63, 3.8) is 0 Å². The van der Waals surface area contributed by atoms with Gasteiger partial charge in [-0.15, -0.1) is 0 Å². The van der Waals surface area contributed by atoms with Gasteiger partial charge in [0.1, 0.15) is 5.75 Å². The molecular formula is C13H13F2NO2. The molecule has 0 spiro atoms. The third kappa shape index (κ3) is 2.67. The van der Waals surface area contributed by atoms with Crippen LogP contribution in [0, 0.1) is 0 Å². The number of benzene rings is 1. The van der Waals surface area contributed by atoms with Crippen LogP contribution < -0.4 is 10.3 Å². The highest BCUT2D eigenvalue weighted by atomic mass is 19.3. The van der Waals surface area contributed by atoms with Gasteiger partial charge in [-0.1, -0.05) is 0 Å². The van der Waals surface area contributed by atoms with Crippen LogP contribution in [0.25, 0.3) is 10.9 Å². The second kappa shape index (κ2) is 5.16. The summed E-state index contributed by atoms with van der Waals surface area (Å²) in [5.41, 5.74) is 0.947. The number of aryl methyl sites for hydroxylation is 1. The summed E-state index contributed by atoms with van der Waals surface area (Å²) >= 11 is 0. The van der Waals surface area contributed by atoms with Gasteiger partial charge in [0.15, 0.2) is 0 Å². The highest BCUT2D eigenvalue weighted by Gasteiger charge is 2.08. The van der Waals surface area contributed by atoms with Crippen LogP contribution in [0.5, 0.6) is 5.75 Å². The molecule has 0 unspecified atom stereocenters. The fourth-order valence-electron chi connectivity index (χ4n) is 1.91. The Hall–Kier alpha value is -1.91. The van der Waals surface area contributed by atoms with E-state index in [9.17, 15) is 13.6 Å². The van der Waals surface area contributed by atoms with E-state index in [4.69, 9.17) is 4.74 Å². The Morgan fingerprint density at radius 3 is 2.78 bits per heavy atom. The molecule has 0 bridgehead atoms. The molecular weight excluding hydrogens is 240 g/mol. The van der Waals surface area contributed by atoms with Crippen molar-refractivity contribution >= 4 is 10.9 Å². The second-order valence-electron chi connectivity index (χ2n) is 4.00. The smallest absolute Gasteiger partial charge is 0.248 e. The third-order valence-electron chi connectivity index (χ3n) is 2.77. The lowest BCUT2D eigenvalue weighted by Gasteiger charge is -2.07. The highest BCUT2D eigenvalue weighted by molar-refractivity contribution is 5.83. The molecule has 0 fully saturated rings. The topological polar surface area (TPSA) is 42.1 Å². The molecule has 2 aromatic rings. The van der Waals surface area contributed by atoms with Crippen molar-refractivity contribution in [2.75, 3.05) is 7.11 Å². The first-order valence-electron chi connectivity index (χ1n) is 5.58. The maximum Gasteiger partial charge on any atom is 0.248 e. The molecule has 96 valence electrons. The van der Waals surface area contributed by atoms with Gasteiger partial charge in [0, 0.05) is 23.9 Å². The van der Waals surface area contributed by atoms with E-state index in [1.807, 2.05) is 0 Å². The lowest BCUT2D eigenvalue weighted by molar-refractivity contribution is 0.138. The number of fused-ring (bicyclic) bond motifs is 1. The molecule has 1 aromatic heterocycles. The van der Waals surface area contributed by atoms with Crippen molar-refractivity contribution in [2.45, 2.75) is 19.3 Å². The fraction of sp³-hybridized carbons (Fsp3) is 0.308. The maximum atomic E-state index is 12.2. The predicted octanol–water partition coefficient (Wildman–Crippen LogP) is 2.73. The van der Waals surface area contributed by atoms with Gasteiger partial charge in [-0.25, -0.2) is 8.78 Å². The summed E-state index contributed by atoms with van der Waals surface area (Å²) < 4.78 is 29.5. The van der Waals surface area contributed by atoms with Gasteiger partial charge in [0.05, 0.1) is 12.6 Å². The molecule has 0 amide bonds. The van der Waals surface area contributed by atoms with E-state index in [2.05, 4.69) is 4.98 Å². The van der Waals surface area contributed by atoms with Crippen LogP contribution in [0.15, 0.2) is 29.1 Å². The van der Waals surface area contributed by atoms with Crippen molar-refractivity contribution in [3.8, 4) is 5.75 Å². The summed E-state index contributed by atoms with van der Waals surface area (Å²) in [5.74, 6) is 0.615. The number of alkyl halides is 2. The van der Waals surface area contributed by atoms with Crippen LogP contribution in [0.1, 0.15) is 12.0 Å². The van der Waals surface area contributed by atoms with Crippen LogP contribution in [0.4, 0.5) is 8.78 Å². The lowest BCUT2D eigenvalue weighted by atomic mass is 10.0. The number of rotatable bonds is 4. The van der Waals surface area contributed by atoms with Gasteiger partial charge < -0.3 is 9.72 Å². The fourth-order valence-corrected chi connectivity index (χ4v) is 1.91. The predicted molar refractivity (Wildman–Crippen MR) is 65.4 cm³/mol. The summed E-state index contributed by atoms with van der Waals surface area (Å²) in [7, 11) is 1.53. The van der Waals surface area contributed by atoms with E-state index < -0.39 is 6.43 Å². The van der Waals surface area contributed by atoms with Crippen molar-refractivity contribution in [2.24, 2.45) is 0 Å². The number of halogens is 2. The summed E-state index contributed by atoms with van der Waals surface area (Å²) in [6, 6.07) is 6.57. The van der Waals surface area contributed by atoms with E-state index in [0.717, 1.165) is 5.39 Å².